The quantitative estimate of drug-likeness (QED) is 0.0459. The highest BCUT2D eigenvalue weighted by atomic mass is 32.2. The first-order chi connectivity index (χ1) is 57.4. The number of nitrogens with zero attached hydrogens (tertiary/aromatic N) is 16. The summed E-state index contributed by atoms with van der Waals surface area (Å²) in [5.41, 5.74) is 9.42. The van der Waals surface area contributed by atoms with E-state index >= 15 is 0 Å². The molecule has 12 heterocycles. The summed E-state index contributed by atoms with van der Waals surface area (Å²) in [6.07, 6.45) is 14.8. The van der Waals surface area contributed by atoms with E-state index in [0.29, 0.717) is 127 Å². The van der Waals surface area contributed by atoms with Crippen molar-refractivity contribution in [3.63, 3.8) is 0 Å². The zero-order valence-corrected chi connectivity index (χ0v) is 68.6. The summed E-state index contributed by atoms with van der Waals surface area (Å²) >= 11 is 0. The first-order valence-corrected chi connectivity index (χ1v) is 44.1. The molecule has 0 saturated carbocycles. The monoisotopic (exact) mass is 1620 g/mol. The molecule has 3 amide bonds. The molecule has 0 spiro atoms. The number of amides is 3. The van der Waals surface area contributed by atoms with E-state index in [1.54, 1.807) is 12.1 Å². The van der Waals surface area contributed by atoms with Crippen LogP contribution in [0.15, 0.2) is 147 Å². The molecule has 6 saturated heterocycles. The van der Waals surface area contributed by atoms with Gasteiger partial charge in [-0.05, 0) is 158 Å². The Morgan fingerprint density at radius 1 is 0.483 bits per heavy atom. The summed E-state index contributed by atoms with van der Waals surface area (Å²) in [5.74, 6) is 10.1. The second-order valence-electron chi connectivity index (χ2n) is 32.5. The van der Waals surface area contributed by atoms with Crippen molar-refractivity contribution in [2.24, 2.45) is 5.92 Å². The predicted octanol–water partition coefficient (Wildman–Crippen LogP) is 10.6. The molecule has 3 aromatic heterocycles. The van der Waals surface area contributed by atoms with Gasteiger partial charge in [0.1, 0.15) is 40.8 Å². The van der Waals surface area contributed by atoms with Gasteiger partial charge in [0, 0.05) is 197 Å². The number of hydrogen-bond donors (Lipinski definition) is 4. The molecule has 618 valence electrons. The Balaban J connectivity index is 0.000000133. The van der Waals surface area contributed by atoms with E-state index in [4.69, 9.17) is 39.4 Å². The van der Waals surface area contributed by atoms with E-state index in [9.17, 15) is 33.9 Å². The smallest absolute Gasteiger partial charge is 0.318 e. The van der Waals surface area contributed by atoms with Gasteiger partial charge in [-0.2, -0.15) is 24.9 Å². The van der Waals surface area contributed by atoms with Crippen LogP contribution in [0, 0.1) is 5.92 Å². The molecule has 9 aromatic rings. The molecule has 6 aromatic carbocycles. The fourth-order valence-electron chi connectivity index (χ4n) is 18.4. The summed E-state index contributed by atoms with van der Waals surface area (Å²) in [6, 6.07) is 36.7. The van der Waals surface area contributed by atoms with Gasteiger partial charge in [-0.1, -0.05) is 92.5 Å². The Morgan fingerprint density at radius 3 is 1.30 bits per heavy atom. The molecule has 4 N–H and O–H groups in total. The minimum absolute atomic E-state index is 0.00824. The van der Waals surface area contributed by atoms with Crippen LogP contribution in [-0.4, -0.2) is 236 Å². The number of carbonyl (C=O) groups excluding carboxylic acids is 3. The van der Waals surface area contributed by atoms with E-state index in [2.05, 4.69) is 90.3 Å². The molecule has 18 rings (SSSR count). The van der Waals surface area contributed by atoms with Crippen LogP contribution < -0.4 is 49.1 Å². The Kier molecular flexibility index (Phi) is 24.4. The number of carbonyl (C=O) groups is 3. The molecule has 9 aliphatic heterocycles. The maximum absolute atomic E-state index is 12.3. The van der Waals surface area contributed by atoms with Crippen molar-refractivity contribution in [1.29, 1.82) is 0 Å². The summed E-state index contributed by atoms with van der Waals surface area (Å²) < 4.78 is 24.8. The Labute approximate surface area is 691 Å². The van der Waals surface area contributed by atoms with Crippen LogP contribution in [0.25, 0.3) is 32.3 Å². The molecule has 0 aliphatic carbocycles. The van der Waals surface area contributed by atoms with Crippen molar-refractivity contribution in [3.05, 3.63) is 181 Å². The van der Waals surface area contributed by atoms with Crippen LogP contribution in [0.1, 0.15) is 92.1 Å². The lowest BCUT2D eigenvalue weighted by Crippen LogP contribution is -2.49. The highest BCUT2D eigenvalue weighted by molar-refractivity contribution is 8.00. The van der Waals surface area contributed by atoms with Crippen LogP contribution in [0.3, 0.4) is 0 Å². The number of ether oxygens (including phenoxy) is 2. The van der Waals surface area contributed by atoms with Crippen LogP contribution in [-0.2, 0) is 62.8 Å². The first kappa shape index (κ1) is 80.3. The van der Waals surface area contributed by atoms with Crippen molar-refractivity contribution < 1.29 is 43.4 Å². The third-order valence-corrected chi connectivity index (χ3v) is 26.8. The molecule has 0 bridgehead atoms. The van der Waals surface area contributed by atoms with Crippen molar-refractivity contribution >= 4 is 106 Å². The van der Waals surface area contributed by atoms with Gasteiger partial charge in [0.15, 0.2) is 0 Å². The molecule has 6 fully saturated rings. The molecular weight excluding hydrogens is 1510 g/mol. The highest BCUT2D eigenvalue weighted by Gasteiger charge is 2.35. The SMILES string of the molecule is C=CC(=O)N1CCN(c2nc(N3CCCC3)nc3c2CCN(c2cc(O)cc4ccccc24)C3)CC1.C=CC(=O)N1CCN(c2nc(OCCC3CCS(=C)(=O)CC3)nc3c2CCN(c2cc(O)cc4ccccc24)C3)CC1.C=CC(=O)N1CCN(c2nc(O[C@H](C)CC3CCCN3)nc3c2CCN(c2cc(O)cc4ccccc24)C3)CC1. The number of piperazine rings is 3. The minimum Gasteiger partial charge on any atom is -0.508 e. The number of benzene rings is 6. The zero-order valence-electron chi connectivity index (χ0n) is 67.8. The van der Waals surface area contributed by atoms with Crippen LogP contribution in [0.2, 0.25) is 0 Å². The number of nitrogens with one attached hydrogen (secondary N) is 1. The topological polar surface area (TPSA) is 269 Å². The molecule has 118 heavy (non-hydrogen) atoms. The van der Waals surface area contributed by atoms with E-state index in [-0.39, 0.29) is 41.1 Å². The molecule has 2 atom stereocenters. The van der Waals surface area contributed by atoms with Crippen molar-refractivity contribution in [2.75, 3.05) is 170 Å². The van der Waals surface area contributed by atoms with E-state index < -0.39 is 9.52 Å². The van der Waals surface area contributed by atoms with Crippen molar-refractivity contribution in [3.8, 4) is 29.3 Å². The standard InChI is InChI=1S/C32H39N5O4S.C31H38N6O3.C28H32N6O2/c1-3-30(39)35-13-15-36(16-14-35)31-27-8-12-37(29-21-25(38)20-24-6-4-5-7-26(24)29)22-28(27)33-32(34-31)41-17-9-23-10-18-42(2,40)19-11-23;1-3-29(39)35-13-15-36(16-14-35)30-26-10-12-37(28-19-24(38)18-22-7-4-5-9-25(22)28)20-27(26)33-31(34-30)40-21(2)17-23-8-6-11-32-23;1-2-26(36)31-13-15-32(16-14-31)27-23-9-12-34(19-24(23)29-28(30-27)33-10-5-6-11-33)25-18-21(35)17-20-7-3-4-8-22(20)25/h3-7,20-21,23,38H,1-2,8-19,22H2;3-5,7,9,18-19,21,23,32,38H,1,6,8,10-17,20H2,2H3;2-4,7-8,17-18,35H,1,5-6,9-16,19H2/t;21-,23?;/m.1./s1. The normalized spacial score (nSPS) is 20.3. The summed E-state index contributed by atoms with van der Waals surface area (Å²) in [4.78, 5) is 87.9. The van der Waals surface area contributed by atoms with Gasteiger partial charge in [0.25, 0.3) is 0 Å². The number of aromatic nitrogens is 6. The van der Waals surface area contributed by atoms with Gasteiger partial charge in [-0.25, -0.2) is 4.98 Å². The fraction of sp³-hybridized carbons (Fsp3) is 0.429. The van der Waals surface area contributed by atoms with Crippen LogP contribution in [0.5, 0.6) is 29.3 Å². The van der Waals surface area contributed by atoms with E-state index in [0.717, 1.165) is 198 Å². The molecule has 1 unspecified atom stereocenters. The fourth-order valence-corrected chi connectivity index (χ4v) is 20.1. The number of phenols is 3. The Morgan fingerprint density at radius 2 is 0.881 bits per heavy atom. The zero-order chi connectivity index (χ0) is 81.6. The van der Waals surface area contributed by atoms with Gasteiger partial charge in [-0.3, -0.25) is 18.6 Å². The summed E-state index contributed by atoms with van der Waals surface area (Å²) in [7, 11) is -1.90. The first-order valence-electron chi connectivity index (χ1n) is 42.1. The van der Waals surface area contributed by atoms with Gasteiger partial charge < -0.3 is 79.1 Å². The highest BCUT2D eigenvalue weighted by Crippen LogP contribution is 2.42. The number of anilines is 7. The lowest BCUT2D eigenvalue weighted by molar-refractivity contribution is -0.127. The number of fused-ring (bicyclic) bond motifs is 6. The van der Waals surface area contributed by atoms with Gasteiger partial charge in [0.2, 0.25) is 23.7 Å². The lowest BCUT2D eigenvalue weighted by Gasteiger charge is -2.38. The molecule has 26 nitrogen and oxygen atoms in total. The summed E-state index contributed by atoms with van der Waals surface area (Å²) in [5, 5.41) is 41.3. The largest absolute Gasteiger partial charge is 0.508 e. The number of phenolic OH excluding ortho intramolecular Hbond substituents is 3. The predicted molar refractivity (Wildman–Crippen MR) is 469 cm³/mol. The molecule has 0 radical (unpaired) electrons. The maximum atomic E-state index is 12.3. The van der Waals surface area contributed by atoms with Gasteiger partial charge >= 0.3 is 12.0 Å². The van der Waals surface area contributed by atoms with Crippen molar-refractivity contribution in [2.45, 2.75) is 109 Å². The Bertz CT molecular complexity index is 5330. The number of rotatable bonds is 18. The van der Waals surface area contributed by atoms with Crippen LogP contribution in [0.4, 0.5) is 40.5 Å². The number of aromatic hydroxyl groups is 3. The van der Waals surface area contributed by atoms with Crippen LogP contribution >= 0.6 is 0 Å². The van der Waals surface area contributed by atoms with Gasteiger partial charge in [-0.15, -0.1) is 0 Å². The minimum atomic E-state index is -1.90. The maximum Gasteiger partial charge on any atom is 0.318 e. The summed E-state index contributed by atoms with van der Waals surface area (Å²) in [6.45, 7) is 28.8. The second-order valence-corrected chi connectivity index (χ2v) is 35.3. The average Bonchev–Trinajstić information content (AvgIpc) is 0.857. The lowest BCUT2D eigenvalue weighted by atomic mass is 10.00. The molecule has 9 aliphatic rings. The van der Waals surface area contributed by atoms with E-state index in [1.807, 2.05) is 93.6 Å². The second kappa shape index (κ2) is 35.8. The van der Waals surface area contributed by atoms with Gasteiger partial charge in [0.05, 0.1) is 43.3 Å². The number of hydrogen-bond acceptors (Lipinski definition) is 23. The molecular formula is C91H109N17O9S. The third kappa shape index (κ3) is 18.1. The Hall–Kier alpha value is -11.5. The third-order valence-electron chi connectivity index (χ3n) is 24.8. The molecule has 27 heteroatoms. The van der Waals surface area contributed by atoms with Crippen molar-refractivity contribution in [1.82, 2.24) is 49.9 Å². The average molecular weight is 1620 g/mol. The van der Waals surface area contributed by atoms with E-state index in [1.165, 1.54) is 49.5 Å².